The molecule has 0 bridgehead atoms. The van der Waals surface area contributed by atoms with Crippen LogP contribution in [0.4, 0.5) is 5.95 Å². The van der Waals surface area contributed by atoms with Crippen LogP contribution in [0, 0.1) is 0 Å². The van der Waals surface area contributed by atoms with E-state index in [-0.39, 0.29) is 24.4 Å². The Morgan fingerprint density at radius 1 is 1.31 bits per heavy atom. The molecule has 0 aromatic carbocycles. The van der Waals surface area contributed by atoms with Crippen LogP contribution in [-0.2, 0) is 17.1 Å². The molecule has 0 spiro atoms. The summed E-state index contributed by atoms with van der Waals surface area (Å²) in [7, 11) is -0.189. The minimum atomic E-state index is -4.24. The van der Waals surface area contributed by atoms with E-state index < -0.39 is 31.7 Å². The second-order valence-corrected chi connectivity index (χ2v) is 6.72. The van der Waals surface area contributed by atoms with Gasteiger partial charge in [0.15, 0.2) is 10.2 Å². The topological polar surface area (TPSA) is 158 Å². The van der Waals surface area contributed by atoms with E-state index in [1.54, 1.807) is 0 Å². The molecule has 26 heavy (non-hydrogen) atoms. The number of aryl methyl sites for hydroxylation is 1. The van der Waals surface area contributed by atoms with Crippen LogP contribution in [-0.4, -0.2) is 60.1 Å². The summed E-state index contributed by atoms with van der Waals surface area (Å²) in [5, 5.41) is 14.4. The number of aromatic nitrogens is 4. The van der Waals surface area contributed by atoms with Gasteiger partial charge in [-0.2, -0.15) is 19.8 Å². The molecule has 0 saturated heterocycles. The number of ether oxygens (including phenoxy) is 2. The molecule has 0 aliphatic rings. The molecule has 0 saturated carbocycles. The van der Waals surface area contributed by atoms with Crippen molar-refractivity contribution in [1.29, 1.82) is 0 Å². The number of halogens is 1. The fourth-order valence-corrected chi connectivity index (χ4v) is 3.52. The smallest absolute Gasteiger partial charge is 0.341 e. The van der Waals surface area contributed by atoms with Crippen molar-refractivity contribution in [2.75, 3.05) is 26.2 Å². The third-order valence-electron chi connectivity index (χ3n) is 3.03. The fourth-order valence-electron chi connectivity index (χ4n) is 1.94. The van der Waals surface area contributed by atoms with Crippen LogP contribution in [0.5, 0.6) is 11.8 Å². The molecular weight excluding hydrogens is 392 g/mol. The minimum Gasteiger partial charge on any atom is -0.481 e. The highest BCUT2D eigenvalue weighted by Crippen LogP contribution is 2.23. The number of sulfonamides is 1. The predicted octanol–water partition coefficient (Wildman–Crippen LogP) is -0.0732. The first kappa shape index (κ1) is 19.7. The number of hydrogen-bond acceptors (Lipinski definition) is 9. The molecular formula is C12H15ClN6O6S. The summed E-state index contributed by atoms with van der Waals surface area (Å²) in [6.07, 6.45) is 0. The third-order valence-corrected chi connectivity index (χ3v) is 4.79. The lowest BCUT2D eigenvalue weighted by atomic mass is 10.4. The van der Waals surface area contributed by atoms with E-state index in [1.165, 1.54) is 27.3 Å². The quantitative estimate of drug-likeness (QED) is 0.506. The van der Waals surface area contributed by atoms with Gasteiger partial charge in [0.2, 0.25) is 17.7 Å². The second kappa shape index (κ2) is 7.72. The van der Waals surface area contributed by atoms with Crippen molar-refractivity contribution in [3.8, 4) is 11.8 Å². The van der Waals surface area contributed by atoms with Gasteiger partial charge in [0, 0.05) is 7.05 Å². The first-order valence-electron chi connectivity index (χ1n) is 6.86. The van der Waals surface area contributed by atoms with E-state index in [1.807, 2.05) is 0 Å². The highest BCUT2D eigenvalue weighted by Gasteiger charge is 2.30. The van der Waals surface area contributed by atoms with Gasteiger partial charge < -0.3 is 19.9 Å². The summed E-state index contributed by atoms with van der Waals surface area (Å²) < 4.78 is 37.8. The van der Waals surface area contributed by atoms with E-state index in [9.17, 15) is 13.2 Å². The van der Waals surface area contributed by atoms with Gasteiger partial charge in [0.1, 0.15) is 5.56 Å². The van der Waals surface area contributed by atoms with Crippen molar-refractivity contribution in [3.05, 3.63) is 16.8 Å². The summed E-state index contributed by atoms with van der Waals surface area (Å²) in [5.74, 6) is -1.08. The number of carboxylic acids is 1. The molecule has 3 N–H and O–H groups in total. The van der Waals surface area contributed by atoms with E-state index in [0.717, 1.165) is 4.68 Å². The first-order valence-corrected chi connectivity index (χ1v) is 8.72. The highest BCUT2D eigenvalue weighted by molar-refractivity contribution is 7.89. The average molecular weight is 407 g/mol. The largest absolute Gasteiger partial charge is 0.481 e. The maximum atomic E-state index is 12.4. The van der Waals surface area contributed by atoms with Gasteiger partial charge >= 0.3 is 5.97 Å². The minimum absolute atomic E-state index is 0.0328. The van der Waals surface area contributed by atoms with Crippen molar-refractivity contribution in [3.63, 3.8) is 0 Å². The van der Waals surface area contributed by atoms with Gasteiger partial charge in [-0.05, 0) is 0 Å². The number of carbonyl (C=O) groups is 1. The van der Waals surface area contributed by atoms with Crippen LogP contribution in [0.3, 0.4) is 0 Å². The van der Waals surface area contributed by atoms with E-state index in [0.29, 0.717) is 0 Å². The first-order chi connectivity index (χ1) is 12.2. The maximum absolute atomic E-state index is 12.4. The zero-order valence-corrected chi connectivity index (χ0v) is 15.4. The molecule has 12 nitrogen and oxygen atoms in total. The number of aromatic carboxylic acids is 1. The van der Waals surface area contributed by atoms with Crippen molar-refractivity contribution >= 4 is 33.5 Å². The summed E-state index contributed by atoms with van der Waals surface area (Å²) in [4.78, 5) is 19.2. The van der Waals surface area contributed by atoms with Crippen LogP contribution in [0.15, 0.2) is 11.1 Å². The number of nitrogens with zero attached hydrogens (tertiary/aromatic N) is 4. The lowest BCUT2D eigenvalue weighted by Gasteiger charge is -2.10. The van der Waals surface area contributed by atoms with Gasteiger partial charge in [0.25, 0.3) is 10.0 Å². The van der Waals surface area contributed by atoms with E-state index in [4.69, 9.17) is 26.2 Å². The molecule has 2 aromatic heterocycles. The normalized spacial score (nSPS) is 11.2. The zero-order chi connectivity index (χ0) is 19.5. The Morgan fingerprint density at radius 3 is 2.38 bits per heavy atom. The predicted molar refractivity (Wildman–Crippen MR) is 89.1 cm³/mol. The maximum Gasteiger partial charge on any atom is 0.341 e. The van der Waals surface area contributed by atoms with Gasteiger partial charge in [-0.15, -0.1) is 0 Å². The summed E-state index contributed by atoms with van der Waals surface area (Å²) >= 11 is 5.68. The molecule has 2 heterocycles. The van der Waals surface area contributed by atoms with Crippen molar-refractivity contribution < 1.29 is 27.8 Å². The lowest BCUT2D eigenvalue weighted by Crippen LogP contribution is -2.32. The number of carboxylic acid groups (broad SMARTS) is 1. The molecule has 0 amide bonds. The van der Waals surface area contributed by atoms with Gasteiger partial charge in [-0.1, -0.05) is 11.6 Å². The fraction of sp³-hybridized carbons (Fsp3) is 0.333. The number of hydrogen-bond donors (Lipinski definition) is 3. The molecule has 14 heteroatoms. The second-order valence-electron chi connectivity index (χ2n) is 4.68. The lowest BCUT2D eigenvalue weighted by molar-refractivity contribution is 0.0692. The summed E-state index contributed by atoms with van der Waals surface area (Å²) in [6, 6.07) is 1.44. The highest BCUT2D eigenvalue weighted by atomic mass is 35.5. The molecule has 142 valence electrons. The van der Waals surface area contributed by atoms with Crippen LogP contribution < -0.4 is 19.5 Å². The Hall–Kier alpha value is -2.64. The van der Waals surface area contributed by atoms with Gasteiger partial charge in [0.05, 0.1) is 27.0 Å². The van der Waals surface area contributed by atoms with E-state index >= 15 is 0 Å². The number of methoxy groups -OCH3 is 2. The Morgan fingerprint density at radius 2 is 1.88 bits per heavy atom. The molecule has 0 radical (unpaired) electrons. The van der Waals surface area contributed by atoms with Crippen molar-refractivity contribution in [2.24, 2.45) is 7.05 Å². The average Bonchev–Trinajstić information content (AvgIpc) is 2.89. The van der Waals surface area contributed by atoms with Crippen LogP contribution in [0.2, 0.25) is 5.15 Å². The van der Waals surface area contributed by atoms with E-state index in [2.05, 4.69) is 25.1 Å². The Kier molecular flexibility index (Phi) is 5.84. The SMILES string of the molecule is COc1cc(OC)nc(NCNS(=O)(=O)c2c(C(=O)O)c(Cl)nn2C)n1. The van der Waals surface area contributed by atoms with Crippen LogP contribution in [0.25, 0.3) is 0 Å². The number of rotatable bonds is 8. The molecule has 0 aliphatic heterocycles. The van der Waals surface area contributed by atoms with Crippen LogP contribution >= 0.6 is 11.6 Å². The Bertz CT molecular complexity index is 908. The molecule has 0 atom stereocenters. The molecule has 0 unspecified atom stereocenters. The third kappa shape index (κ3) is 4.12. The Balaban J connectivity index is 2.19. The van der Waals surface area contributed by atoms with Crippen molar-refractivity contribution in [2.45, 2.75) is 5.03 Å². The number of nitrogens with one attached hydrogen (secondary N) is 2. The number of anilines is 1. The summed E-state index contributed by atoms with van der Waals surface area (Å²) in [6.45, 7) is -0.347. The molecule has 2 aromatic rings. The van der Waals surface area contributed by atoms with Crippen LogP contribution in [0.1, 0.15) is 10.4 Å². The zero-order valence-electron chi connectivity index (χ0n) is 13.8. The molecule has 0 aliphatic carbocycles. The van der Waals surface area contributed by atoms with Gasteiger partial charge in [-0.3, -0.25) is 4.68 Å². The Labute approximate surface area is 153 Å². The van der Waals surface area contributed by atoms with Crippen molar-refractivity contribution in [1.82, 2.24) is 24.5 Å². The van der Waals surface area contributed by atoms with Gasteiger partial charge in [-0.25, -0.2) is 13.2 Å². The molecule has 2 rings (SSSR count). The standard InChI is InChI=1S/C12H15ClN6O6S/c1-19-10(8(11(20)21)9(13)18-19)26(22,23)15-5-14-12-16-6(24-2)4-7(17-12)25-3/h4,15H,5H2,1-3H3,(H,20,21)(H,14,16,17). The monoisotopic (exact) mass is 406 g/mol. The summed E-state index contributed by atoms with van der Waals surface area (Å²) in [5.41, 5.74) is -0.624. The molecule has 0 fully saturated rings.